The van der Waals surface area contributed by atoms with Gasteiger partial charge in [-0.25, -0.2) is 4.39 Å². The molecule has 2 aromatic carbocycles. The summed E-state index contributed by atoms with van der Waals surface area (Å²) in [6.07, 6.45) is -0.594. The Hall–Kier alpha value is -2.11. The number of ether oxygens (including phenoxy) is 1. The first kappa shape index (κ1) is 16.7. The zero-order valence-electron chi connectivity index (χ0n) is 13.9. The predicted molar refractivity (Wildman–Crippen MR) is 93.0 cm³/mol. The normalized spacial score (nSPS) is 16.9. The second-order valence-corrected chi connectivity index (χ2v) is 6.03. The van der Waals surface area contributed by atoms with Gasteiger partial charge in [0.15, 0.2) is 0 Å². The van der Waals surface area contributed by atoms with E-state index < -0.39 is 6.10 Å². The van der Waals surface area contributed by atoms with Crippen LogP contribution in [0.1, 0.15) is 11.7 Å². The fourth-order valence-corrected chi connectivity index (χ4v) is 3.10. The maximum Gasteiger partial charge on any atom is 0.142 e. The van der Waals surface area contributed by atoms with Gasteiger partial charge in [0.25, 0.3) is 0 Å². The molecule has 0 bridgehead atoms. The third-order valence-corrected chi connectivity index (χ3v) is 4.48. The lowest BCUT2D eigenvalue weighted by atomic mass is 10.1. The number of benzene rings is 2. The van der Waals surface area contributed by atoms with Crippen molar-refractivity contribution in [2.24, 2.45) is 0 Å². The molecule has 0 radical (unpaired) electrons. The Morgan fingerprint density at radius 3 is 2.38 bits per heavy atom. The quantitative estimate of drug-likeness (QED) is 0.914. The molecule has 0 amide bonds. The van der Waals surface area contributed by atoms with E-state index in [4.69, 9.17) is 4.74 Å². The summed E-state index contributed by atoms with van der Waals surface area (Å²) in [5.74, 6) is 0.605. The van der Waals surface area contributed by atoms with Crippen LogP contribution in [0.3, 0.4) is 0 Å². The summed E-state index contributed by atoms with van der Waals surface area (Å²) in [6, 6.07) is 14.1. The molecule has 0 saturated carbocycles. The van der Waals surface area contributed by atoms with Crippen LogP contribution in [0.2, 0.25) is 0 Å². The number of nitrogens with zero attached hydrogens (tertiary/aromatic N) is 2. The van der Waals surface area contributed by atoms with Crippen molar-refractivity contribution in [3.05, 3.63) is 59.9 Å². The van der Waals surface area contributed by atoms with E-state index in [1.807, 2.05) is 18.2 Å². The van der Waals surface area contributed by atoms with Crippen molar-refractivity contribution in [3.8, 4) is 5.75 Å². The molecule has 1 N–H and O–H groups in total. The number of aliphatic hydroxyl groups excluding tert-OH is 1. The van der Waals surface area contributed by atoms with E-state index >= 15 is 0 Å². The molecule has 4 nitrogen and oxygen atoms in total. The number of halogens is 1. The van der Waals surface area contributed by atoms with Gasteiger partial charge in [-0.3, -0.25) is 4.90 Å². The number of hydrogen-bond acceptors (Lipinski definition) is 4. The number of rotatable bonds is 5. The lowest BCUT2D eigenvalue weighted by Crippen LogP contribution is -2.47. The molecule has 0 aliphatic carbocycles. The van der Waals surface area contributed by atoms with Crippen LogP contribution in [0.5, 0.6) is 5.75 Å². The summed E-state index contributed by atoms with van der Waals surface area (Å²) >= 11 is 0. The van der Waals surface area contributed by atoms with Crippen molar-refractivity contribution in [3.63, 3.8) is 0 Å². The summed E-state index contributed by atoms with van der Waals surface area (Å²) in [5, 5.41) is 10.3. The Morgan fingerprint density at radius 2 is 1.71 bits per heavy atom. The van der Waals surface area contributed by atoms with Crippen molar-refractivity contribution >= 4 is 5.69 Å². The highest BCUT2D eigenvalue weighted by Crippen LogP contribution is 2.28. The van der Waals surface area contributed by atoms with E-state index in [1.54, 1.807) is 19.2 Å². The van der Waals surface area contributed by atoms with Gasteiger partial charge in [-0.05, 0) is 29.8 Å². The summed E-state index contributed by atoms with van der Waals surface area (Å²) < 4.78 is 18.4. The van der Waals surface area contributed by atoms with E-state index in [0.29, 0.717) is 6.54 Å². The van der Waals surface area contributed by atoms with Crippen molar-refractivity contribution in [1.29, 1.82) is 0 Å². The Bertz CT molecular complexity index is 655. The molecule has 128 valence electrons. The molecule has 1 saturated heterocycles. The molecule has 0 aromatic heterocycles. The van der Waals surface area contributed by atoms with Gasteiger partial charge in [-0.15, -0.1) is 0 Å². The van der Waals surface area contributed by atoms with Gasteiger partial charge in [0.2, 0.25) is 0 Å². The molecule has 1 fully saturated rings. The van der Waals surface area contributed by atoms with Crippen molar-refractivity contribution in [2.45, 2.75) is 6.10 Å². The fourth-order valence-electron chi connectivity index (χ4n) is 3.10. The van der Waals surface area contributed by atoms with Crippen LogP contribution in [-0.4, -0.2) is 49.8 Å². The van der Waals surface area contributed by atoms with Gasteiger partial charge in [-0.2, -0.15) is 0 Å². The van der Waals surface area contributed by atoms with E-state index in [-0.39, 0.29) is 5.82 Å². The minimum Gasteiger partial charge on any atom is -0.495 e. The zero-order valence-corrected chi connectivity index (χ0v) is 13.9. The summed E-state index contributed by atoms with van der Waals surface area (Å²) in [6.45, 7) is 4.07. The molecule has 5 heteroatoms. The first-order valence-corrected chi connectivity index (χ1v) is 8.21. The number of para-hydroxylation sites is 2. The van der Waals surface area contributed by atoms with Gasteiger partial charge in [0.05, 0.1) is 18.9 Å². The second kappa shape index (κ2) is 7.64. The third kappa shape index (κ3) is 3.86. The van der Waals surface area contributed by atoms with E-state index in [0.717, 1.165) is 43.2 Å². The van der Waals surface area contributed by atoms with Crippen LogP contribution < -0.4 is 9.64 Å². The van der Waals surface area contributed by atoms with E-state index in [2.05, 4.69) is 15.9 Å². The molecular formula is C19H23FN2O2. The van der Waals surface area contributed by atoms with Crippen LogP contribution >= 0.6 is 0 Å². The topological polar surface area (TPSA) is 35.9 Å². The molecule has 0 spiro atoms. The van der Waals surface area contributed by atoms with E-state index in [9.17, 15) is 9.50 Å². The zero-order chi connectivity index (χ0) is 16.9. The standard InChI is InChI=1S/C19H23FN2O2/c1-24-19-5-3-2-4-17(19)22-12-10-21(11-13-22)14-18(23)15-6-8-16(20)9-7-15/h2-9,18,23H,10-14H2,1H3. The van der Waals surface area contributed by atoms with Crippen LogP contribution in [0.25, 0.3) is 0 Å². The molecule has 1 heterocycles. The highest BCUT2D eigenvalue weighted by molar-refractivity contribution is 5.58. The van der Waals surface area contributed by atoms with Crippen LogP contribution in [0.15, 0.2) is 48.5 Å². The van der Waals surface area contributed by atoms with Crippen LogP contribution in [0.4, 0.5) is 10.1 Å². The summed E-state index contributed by atoms with van der Waals surface area (Å²) in [7, 11) is 1.69. The van der Waals surface area contributed by atoms with Gasteiger partial charge in [0.1, 0.15) is 11.6 Å². The SMILES string of the molecule is COc1ccccc1N1CCN(CC(O)c2ccc(F)cc2)CC1. The first-order valence-electron chi connectivity index (χ1n) is 8.21. The van der Waals surface area contributed by atoms with Gasteiger partial charge >= 0.3 is 0 Å². The van der Waals surface area contributed by atoms with Crippen molar-refractivity contribution in [1.82, 2.24) is 4.90 Å². The average Bonchev–Trinajstić information content (AvgIpc) is 2.63. The van der Waals surface area contributed by atoms with Crippen LogP contribution in [-0.2, 0) is 0 Å². The van der Waals surface area contributed by atoms with Crippen LogP contribution in [0, 0.1) is 5.82 Å². The average molecular weight is 330 g/mol. The molecule has 1 aliphatic rings. The molecule has 1 unspecified atom stereocenters. The smallest absolute Gasteiger partial charge is 0.142 e. The lowest BCUT2D eigenvalue weighted by Gasteiger charge is -2.37. The highest BCUT2D eigenvalue weighted by atomic mass is 19.1. The number of aliphatic hydroxyl groups is 1. The molecular weight excluding hydrogens is 307 g/mol. The Balaban J connectivity index is 1.56. The number of hydrogen-bond donors (Lipinski definition) is 1. The Morgan fingerprint density at radius 1 is 1.04 bits per heavy atom. The number of methoxy groups -OCH3 is 1. The summed E-state index contributed by atoms with van der Waals surface area (Å²) in [5.41, 5.74) is 1.86. The highest BCUT2D eigenvalue weighted by Gasteiger charge is 2.21. The number of anilines is 1. The Labute approximate surface area is 142 Å². The lowest BCUT2D eigenvalue weighted by molar-refractivity contribution is 0.109. The summed E-state index contributed by atoms with van der Waals surface area (Å²) in [4.78, 5) is 4.54. The fraction of sp³-hybridized carbons (Fsp3) is 0.368. The number of piperazine rings is 1. The van der Waals surface area contributed by atoms with Gasteiger partial charge < -0.3 is 14.7 Å². The minimum atomic E-state index is -0.594. The molecule has 1 atom stereocenters. The number of β-amino-alcohol motifs (C(OH)–C–C–N with tert-alkyl or cyclic N) is 1. The minimum absolute atomic E-state index is 0.281. The second-order valence-electron chi connectivity index (χ2n) is 6.03. The molecule has 2 aromatic rings. The molecule has 24 heavy (non-hydrogen) atoms. The first-order chi connectivity index (χ1) is 11.7. The predicted octanol–water partition coefficient (Wildman–Crippen LogP) is 2.69. The monoisotopic (exact) mass is 330 g/mol. The third-order valence-electron chi connectivity index (χ3n) is 4.48. The Kier molecular flexibility index (Phi) is 5.33. The largest absolute Gasteiger partial charge is 0.495 e. The van der Waals surface area contributed by atoms with E-state index in [1.165, 1.54) is 12.1 Å². The molecule has 1 aliphatic heterocycles. The van der Waals surface area contributed by atoms with Crippen molar-refractivity contribution in [2.75, 3.05) is 44.7 Å². The van der Waals surface area contributed by atoms with Gasteiger partial charge in [-0.1, -0.05) is 24.3 Å². The maximum atomic E-state index is 13.0. The van der Waals surface area contributed by atoms with Gasteiger partial charge in [0, 0.05) is 32.7 Å². The maximum absolute atomic E-state index is 13.0. The van der Waals surface area contributed by atoms with Crippen molar-refractivity contribution < 1.29 is 14.2 Å². The molecule has 3 rings (SSSR count).